The first-order chi connectivity index (χ1) is 9.04. The van der Waals surface area contributed by atoms with Gasteiger partial charge in [0.2, 0.25) is 10.0 Å². The molecule has 19 heavy (non-hydrogen) atoms. The molecule has 1 aliphatic rings. The number of sulfonamides is 1. The van der Waals surface area contributed by atoms with Crippen molar-refractivity contribution in [1.82, 2.24) is 9.62 Å². The van der Waals surface area contributed by atoms with Crippen LogP contribution in [0.3, 0.4) is 0 Å². The third-order valence-corrected chi connectivity index (χ3v) is 5.71. The SMILES string of the molecule is CSCc1ccc(S(=O)(=O)N2CCN[C@@H](C)C2)cc1. The highest BCUT2D eigenvalue weighted by molar-refractivity contribution is 7.97. The van der Waals surface area contributed by atoms with Crippen LogP contribution in [0.5, 0.6) is 0 Å². The summed E-state index contributed by atoms with van der Waals surface area (Å²) in [5.74, 6) is 0.908. The van der Waals surface area contributed by atoms with Gasteiger partial charge in [0.25, 0.3) is 0 Å². The molecule has 1 N–H and O–H groups in total. The summed E-state index contributed by atoms with van der Waals surface area (Å²) in [7, 11) is -3.34. The predicted molar refractivity (Wildman–Crippen MR) is 79.9 cm³/mol. The van der Waals surface area contributed by atoms with Gasteiger partial charge in [0, 0.05) is 31.4 Å². The molecule has 1 heterocycles. The number of hydrogen-bond acceptors (Lipinski definition) is 4. The Kier molecular flexibility index (Phi) is 4.89. The molecule has 0 amide bonds. The smallest absolute Gasteiger partial charge is 0.243 e. The molecule has 0 unspecified atom stereocenters. The summed E-state index contributed by atoms with van der Waals surface area (Å²) in [6.45, 7) is 3.79. The van der Waals surface area contributed by atoms with Crippen LogP contribution in [0.2, 0.25) is 0 Å². The Balaban J connectivity index is 2.18. The normalized spacial score (nSPS) is 21.5. The van der Waals surface area contributed by atoms with Crippen molar-refractivity contribution in [2.24, 2.45) is 0 Å². The highest BCUT2D eigenvalue weighted by Gasteiger charge is 2.28. The van der Waals surface area contributed by atoms with Crippen molar-refractivity contribution in [3.63, 3.8) is 0 Å². The topological polar surface area (TPSA) is 49.4 Å². The van der Waals surface area contributed by atoms with Gasteiger partial charge in [-0.25, -0.2) is 8.42 Å². The standard InChI is InChI=1S/C13H20N2O2S2/c1-11-9-15(8-7-14-11)19(16,17)13-5-3-12(4-6-13)10-18-2/h3-6,11,14H,7-10H2,1-2H3/t11-/m0/s1. The summed E-state index contributed by atoms with van der Waals surface area (Å²) < 4.78 is 26.6. The first-order valence-corrected chi connectivity index (χ1v) is 9.19. The number of thioether (sulfide) groups is 1. The van der Waals surface area contributed by atoms with Crippen molar-refractivity contribution in [1.29, 1.82) is 0 Å². The van der Waals surface area contributed by atoms with E-state index in [-0.39, 0.29) is 6.04 Å². The lowest BCUT2D eigenvalue weighted by molar-refractivity contribution is 0.310. The summed E-state index contributed by atoms with van der Waals surface area (Å²) >= 11 is 1.73. The van der Waals surface area contributed by atoms with Gasteiger partial charge in [-0.15, -0.1) is 0 Å². The van der Waals surface area contributed by atoms with Gasteiger partial charge in [-0.1, -0.05) is 12.1 Å². The molecule has 4 nitrogen and oxygen atoms in total. The molecule has 0 saturated carbocycles. The summed E-state index contributed by atoms with van der Waals surface area (Å²) in [5, 5.41) is 3.25. The van der Waals surface area contributed by atoms with Gasteiger partial charge >= 0.3 is 0 Å². The average Bonchev–Trinajstić information content (AvgIpc) is 2.40. The van der Waals surface area contributed by atoms with E-state index in [1.807, 2.05) is 25.3 Å². The monoisotopic (exact) mass is 300 g/mol. The first-order valence-electron chi connectivity index (χ1n) is 6.35. The Morgan fingerprint density at radius 1 is 1.37 bits per heavy atom. The fraction of sp³-hybridized carbons (Fsp3) is 0.538. The first kappa shape index (κ1) is 14.8. The van der Waals surface area contributed by atoms with E-state index in [0.29, 0.717) is 24.5 Å². The van der Waals surface area contributed by atoms with Crippen LogP contribution in [0.25, 0.3) is 0 Å². The molecule has 1 fully saturated rings. The van der Waals surface area contributed by atoms with E-state index < -0.39 is 10.0 Å². The molecule has 0 aliphatic carbocycles. The molecule has 0 aromatic heterocycles. The fourth-order valence-electron chi connectivity index (χ4n) is 2.19. The molecule has 1 atom stereocenters. The Morgan fingerprint density at radius 3 is 2.63 bits per heavy atom. The lowest BCUT2D eigenvalue weighted by Gasteiger charge is -2.31. The van der Waals surface area contributed by atoms with Crippen molar-refractivity contribution < 1.29 is 8.42 Å². The maximum Gasteiger partial charge on any atom is 0.243 e. The van der Waals surface area contributed by atoms with Gasteiger partial charge in [-0.2, -0.15) is 16.1 Å². The third kappa shape index (κ3) is 3.51. The lowest BCUT2D eigenvalue weighted by atomic mass is 10.2. The number of benzene rings is 1. The molecule has 1 saturated heterocycles. The molecule has 6 heteroatoms. The second kappa shape index (κ2) is 6.26. The Morgan fingerprint density at radius 2 is 2.05 bits per heavy atom. The number of nitrogens with one attached hydrogen (secondary N) is 1. The van der Waals surface area contributed by atoms with E-state index in [9.17, 15) is 8.42 Å². The van der Waals surface area contributed by atoms with Crippen LogP contribution in [0.4, 0.5) is 0 Å². The summed E-state index contributed by atoms with van der Waals surface area (Å²) in [4.78, 5) is 0.395. The molecule has 1 aliphatic heterocycles. The minimum atomic E-state index is -3.34. The fourth-order valence-corrected chi connectivity index (χ4v) is 4.24. The largest absolute Gasteiger partial charge is 0.312 e. The van der Waals surface area contributed by atoms with Crippen LogP contribution < -0.4 is 5.32 Å². The quantitative estimate of drug-likeness (QED) is 0.916. The van der Waals surface area contributed by atoms with E-state index in [4.69, 9.17) is 0 Å². The van der Waals surface area contributed by atoms with E-state index in [0.717, 1.165) is 11.3 Å². The van der Waals surface area contributed by atoms with Crippen LogP contribution in [-0.2, 0) is 15.8 Å². The molecule has 1 aromatic carbocycles. The van der Waals surface area contributed by atoms with Gasteiger partial charge in [0.05, 0.1) is 4.90 Å². The second-order valence-corrected chi connectivity index (χ2v) is 7.60. The highest BCUT2D eigenvalue weighted by Crippen LogP contribution is 2.19. The minimum absolute atomic E-state index is 0.208. The predicted octanol–water partition coefficient (Wildman–Crippen LogP) is 1.53. The van der Waals surface area contributed by atoms with Crippen molar-refractivity contribution in [2.45, 2.75) is 23.6 Å². The van der Waals surface area contributed by atoms with Crippen LogP contribution in [0, 0.1) is 0 Å². The van der Waals surface area contributed by atoms with Crippen LogP contribution >= 0.6 is 11.8 Å². The van der Waals surface area contributed by atoms with Gasteiger partial charge in [0.15, 0.2) is 0 Å². The summed E-state index contributed by atoms with van der Waals surface area (Å²) in [5.41, 5.74) is 1.15. The maximum absolute atomic E-state index is 12.5. The summed E-state index contributed by atoms with van der Waals surface area (Å²) in [6, 6.07) is 7.44. The number of nitrogens with zero attached hydrogens (tertiary/aromatic N) is 1. The summed E-state index contributed by atoms with van der Waals surface area (Å²) in [6.07, 6.45) is 2.03. The third-order valence-electron chi connectivity index (χ3n) is 3.20. The van der Waals surface area contributed by atoms with Gasteiger partial charge in [-0.05, 0) is 30.9 Å². The van der Waals surface area contributed by atoms with E-state index in [1.165, 1.54) is 0 Å². The Labute approximate surface area is 119 Å². The number of rotatable bonds is 4. The van der Waals surface area contributed by atoms with E-state index >= 15 is 0 Å². The minimum Gasteiger partial charge on any atom is -0.312 e. The molecule has 106 valence electrons. The number of hydrogen-bond donors (Lipinski definition) is 1. The van der Waals surface area contributed by atoms with Crippen molar-refractivity contribution in [3.8, 4) is 0 Å². The average molecular weight is 300 g/mol. The molecule has 1 aromatic rings. The van der Waals surface area contributed by atoms with Crippen molar-refractivity contribution >= 4 is 21.8 Å². The van der Waals surface area contributed by atoms with E-state index in [2.05, 4.69) is 5.32 Å². The molecular formula is C13H20N2O2S2. The highest BCUT2D eigenvalue weighted by atomic mass is 32.2. The zero-order valence-electron chi connectivity index (χ0n) is 11.3. The Hall–Kier alpha value is -0.560. The molecule has 0 bridgehead atoms. The van der Waals surface area contributed by atoms with Crippen LogP contribution in [0.15, 0.2) is 29.2 Å². The molecule has 0 spiro atoms. The maximum atomic E-state index is 12.5. The Bertz CT molecular complexity index is 514. The second-order valence-electron chi connectivity index (χ2n) is 4.80. The van der Waals surface area contributed by atoms with Gasteiger partial charge < -0.3 is 5.32 Å². The van der Waals surface area contributed by atoms with Gasteiger partial charge in [0.1, 0.15) is 0 Å². The zero-order valence-corrected chi connectivity index (χ0v) is 12.9. The molecule has 2 rings (SSSR count). The zero-order chi connectivity index (χ0) is 13.9. The van der Waals surface area contributed by atoms with Crippen LogP contribution in [-0.4, -0.2) is 44.7 Å². The van der Waals surface area contributed by atoms with Crippen molar-refractivity contribution in [3.05, 3.63) is 29.8 Å². The van der Waals surface area contributed by atoms with Gasteiger partial charge in [-0.3, -0.25) is 0 Å². The van der Waals surface area contributed by atoms with Crippen LogP contribution in [0.1, 0.15) is 12.5 Å². The lowest BCUT2D eigenvalue weighted by Crippen LogP contribution is -2.51. The molecular weight excluding hydrogens is 280 g/mol. The van der Waals surface area contributed by atoms with Crippen molar-refractivity contribution in [2.75, 3.05) is 25.9 Å². The number of piperazine rings is 1. The van der Waals surface area contributed by atoms with E-state index in [1.54, 1.807) is 28.2 Å². The molecule has 0 radical (unpaired) electrons.